The van der Waals surface area contributed by atoms with Crippen molar-refractivity contribution in [2.45, 2.75) is 19.1 Å². The zero-order valence-corrected chi connectivity index (χ0v) is 17.9. The Labute approximate surface area is 192 Å². The van der Waals surface area contributed by atoms with Gasteiger partial charge in [-0.2, -0.15) is 13.2 Å². The zero-order valence-electron chi connectivity index (χ0n) is 17.9. The molecule has 2 heterocycles. The third-order valence-electron chi connectivity index (χ3n) is 5.30. The van der Waals surface area contributed by atoms with Crippen LogP contribution >= 0.6 is 0 Å². The van der Waals surface area contributed by atoms with Gasteiger partial charge in [0.05, 0.1) is 29.5 Å². The highest BCUT2D eigenvalue weighted by Crippen LogP contribution is 2.38. The van der Waals surface area contributed by atoms with Gasteiger partial charge in [-0.1, -0.05) is 24.3 Å². The summed E-state index contributed by atoms with van der Waals surface area (Å²) in [5.74, 6) is -0.902. The van der Waals surface area contributed by atoms with Crippen molar-refractivity contribution in [2.24, 2.45) is 0 Å². The average molecular weight is 475 g/mol. The molecule has 2 N–H and O–H groups in total. The first kappa shape index (κ1) is 23.1. The number of nitrogens with one attached hydrogen (secondary N) is 2. The first-order valence-electron chi connectivity index (χ1n) is 10.4. The third kappa shape index (κ3) is 4.54. The first-order chi connectivity index (χ1) is 16.2. The van der Waals surface area contributed by atoms with Gasteiger partial charge in [0.2, 0.25) is 5.91 Å². The molecule has 0 aromatic heterocycles. The lowest BCUT2D eigenvalue weighted by molar-refractivity contribution is -0.138. The molecule has 8 nitrogen and oxygen atoms in total. The van der Waals surface area contributed by atoms with Gasteiger partial charge < -0.3 is 20.1 Å². The number of hydrogen-bond donors (Lipinski definition) is 2. The number of esters is 1. The van der Waals surface area contributed by atoms with Gasteiger partial charge in [-0.15, -0.1) is 0 Å². The second kappa shape index (κ2) is 9.08. The second-order valence-electron chi connectivity index (χ2n) is 7.50. The summed E-state index contributed by atoms with van der Waals surface area (Å²) in [4.78, 5) is 39.0. The fraction of sp³-hybridized carbons (Fsp3) is 0.261. The lowest BCUT2D eigenvalue weighted by Gasteiger charge is -2.33. The predicted molar refractivity (Wildman–Crippen MR) is 114 cm³/mol. The van der Waals surface area contributed by atoms with Crippen molar-refractivity contribution >= 4 is 23.6 Å². The zero-order chi connectivity index (χ0) is 24.5. The highest BCUT2D eigenvalue weighted by molar-refractivity contribution is 6.00. The number of halogens is 3. The van der Waals surface area contributed by atoms with Crippen molar-refractivity contribution in [3.05, 3.63) is 70.9 Å². The normalized spacial score (nSPS) is 17.8. The van der Waals surface area contributed by atoms with E-state index in [1.807, 2.05) is 0 Å². The van der Waals surface area contributed by atoms with Crippen LogP contribution in [0.5, 0.6) is 5.75 Å². The third-order valence-corrected chi connectivity index (χ3v) is 5.30. The van der Waals surface area contributed by atoms with Gasteiger partial charge in [0.1, 0.15) is 18.9 Å². The molecular formula is C23H20F3N3O5. The SMILES string of the molecule is CCOc1ccccc1[C@@H]1NC(=O)N(CC(=O)Nc2cccc(C(F)(F)F)c2)C2=C1C(=O)OC2. The lowest BCUT2D eigenvalue weighted by Crippen LogP contribution is -2.49. The predicted octanol–water partition coefficient (Wildman–Crippen LogP) is 3.62. The molecule has 11 heteroatoms. The standard InChI is InChI=1S/C23H20F3N3O5/c1-2-33-17-9-4-3-8-15(17)20-19-16(12-34-21(19)31)29(22(32)28-20)11-18(30)27-14-7-5-6-13(10-14)23(24,25)26/h3-10,20H,2,11-12H2,1H3,(H,27,30)(H,28,32)/t20-/m0/s1. The number of alkyl halides is 3. The van der Waals surface area contributed by atoms with Crippen LogP contribution in [0.4, 0.5) is 23.7 Å². The number of cyclic esters (lactones) is 1. The summed E-state index contributed by atoms with van der Waals surface area (Å²) in [6, 6.07) is 9.55. The monoisotopic (exact) mass is 475 g/mol. The van der Waals surface area contributed by atoms with Gasteiger partial charge in [0, 0.05) is 11.3 Å². The van der Waals surface area contributed by atoms with E-state index in [1.54, 1.807) is 31.2 Å². The Hall–Kier alpha value is -4.02. The molecule has 0 radical (unpaired) electrons. The van der Waals surface area contributed by atoms with E-state index in [0.29, 0.717) is 17.9 Å². The molecule has 2 aromatic rings. The highest BCUT2D eigenvalue weighted by atomic mass is 19.4. The molecule has 178 valence electrons. The van der Waals surface area contributed by atoms with Crippen LogP contribution in [0.3, 0.4) is 0 Å². The maximum Gasteiger partial charge on any atom is 0.416 e. The highest BCUT2D eigenvalue weighted by Gasteiger charge is 2.43. The molecule has 0 unspecified atom stereocenters. The van der Waals surface area contributed by atoms with Crippen LogP contribution in [0.1, 0.15) is 24.1 Å². The summed E-state index contributed by atoms with van der Waals surface area (Å²) in [5.41, 5.74) is -0.0645. The van der Waals surface area contributed by atoms with E-state index in [-0.39, 0.29) is 23.6 Å². The molecule has 0 fully saturated rings. The van der Waals surface area contributed by atoms with Gasteiger partial charge >= 0.3 is 18.2 Å². The van der Waals surface area contributed by atoms with E-state index in [4.69, 9.17) is 9.47 Å². The molecule has 34 heavy (non-hydrogen) atoms. The Bertz CT molecular complexity index is 1180. The van der Waals surface area contributed by atoms with E-state index >= 15 is 0 Å². The average Bonchev–Trinajstić information content (AvgIpc) is 3.17. The Morgan fingerprint density at radius 3 is 2.71 bits per heavy atom. The fourth-order valence-electron chi connectivity index (χ4n) is 3.83. The van der Waals surface area contributed by atoms with Gasteiger partial charge in [0.25, 0.3) is 0 Å². The van der Waals surface area contributed by atoms with Gasteiger partial charge in [0.15, 0.2) is 0 Å². The summed E-state index contributed by atoms with van der Waals surface area (Å²) in [6.07, 6.45) is -4.57. The molecule has 2 aromatic carbocycles. The number of anilines is 1. The van der Waals surface area contributed by atoms with Crippen LogP contribution in [0.25, 0.3) is 0 Å². The van der Waals surface area contributed by atoms with E-state index in [2.05, 4.69) is 10.6 Å². The molecule has 0 aliphatic carbocycles. The number of carbonyl (C=O) groups excluding carboxylic acids is 3. The number of ether oxygens (including phenoxy) is 2. The number of amides is 3. The minimum absolute atomic E-state index is 0.0753. The number of para-hydroxylation sites is 1. The number of rotatable bonds is 6. The Morgan fingerprint density at radius 2 is 1.97 bits per heavy atom. The first-order valence-corrected chi connectivity index (χ1v) is 10.4. The molecule has 0 spiro atoms. The molecule has 2 aliphatic heterocycles. The molecule has 3 amide bonds. The van der Waals surface area contributed by atoms with Gasteiger partial charge in [-0.05, 0) is 31.2 Å². The van der Waals surface area contributed by atoms with Crippen molar-refractivity contribution < 1.29 is 37.0 Å². The fourth-order valence-corrected chi connectivity index (χ4v) is 3.83. The Balaban J connectivity index is 1.59. The van der Waals surface area contributed by atoms with Crippen molar-refractivity contribution in [3.63, 3.8) is 0 Å². The van der Waals surface area contributed by atoms with E-state index in [1.165, 1.54) is 6.07 Å². The molecule has 0 saturated carbocycles. The van der Waals surface area contributed by atoms with Crippen LogP contribution in [-0.4, -0.2) is 42.6 Å². The van der Waals surface area contributed by atoms with E-state index in [0.717, 1.165) is 23.1 Å². The van der Waals surface area contributed by atoms with E-state index in [9.17, 15) is 27.6 Å². The Morgan fingerprint density at radius 1 is 1.21 bits per heavy atom. The molecule has 0 bridgehead atoms. The quantitative estimate of drug-likeness (QED) is 0.623. The topological polar surface area (TPSA) is 97.0 Å². The molecule has 1 atom stereocenters. The van der Waals surface area contributed by atoms with E-state index < -0.39 is 42.2 Å². The summed E-state index contributed by atoms with van der Waals surface area (Å²) >= 11 is 0. The molecular weight excluding hydrogens is 455 g/mol. The summed E-state index contributed by atoms with van der Waals surface area (Å²) < 4.78 is 49.6. The Kier molecular flexibility index (Phi) is 6.18. The largest absolute Gasteiger partial charge is 0.494 e. The second-order valence-corrected chi connectivity index (χ2v) is 7.50. The number of nitrogens with zero attached hydrogens (tertiary/aromatic N) is 1. The number of benzene rings is 2. The van der Waals surface area contributed by atoms with Gasteiger partial charge in [-0.3, -0.25) is 9.69 Å². The van der Waals surface area contributed by atoms with Crippen LogP contribution in [-0.2, 0) is 20.5 Å². The molecule has 4 rings (SSSR count). The van der Waals surface area contributed by atoms with Crippen molar-refractivity contribution in [1.29, 1.82) is 0 Å². The minimum atomic E-state index is -4.57. The maximum atomic E-state index is 12.9. The van der Waals surface area contributed by atoms with Gasteiger partial charge in [-0.25, -0.2) is 9.59 Å². The summed E-state index contributed by atoms with van der Waals surface area (Å²) in [5, 5.41) is 5.05. The van der Waals surface area contributed by atoms with Crippen molar-refractivity contribution in [1.82, 2.24) is 10.2 Å². The molecule has 2 aliphatic rings. The van der Waals surface area contributed by atoms with Crippen molar-refractivity contribution in [3.8, 4) is 5.75 Å². The summed E-state index contributed by atoms with van der Waals surface area (Å²) in [6.45, 7) is 1.43. The van der Waals surface area contributed by atoms with Crippen LogP contribution < -0.4 is 15.4 Å². The minimum Gasteiger partial charge on any atom is -0.494 e. The van der Waals surface area contributed by atoms with Crippen LogP contribution in [0, 0.1) is 0 Å². The number of carbonyl (C=O) groups is 3. The van der Waals surface area contributed by atoms with Crippen LogP contribution in [0.2, 0.25) is 0 Å². The lowest BCUT2D eigenvalue weighted by atomic mass is 9.95. The number of hydrogen-bond acceptors (Lipinski definition) is 5. The van der Waals surface area contributed by atoms with Crippen molar-refractivity contribution in [2.75, 3.05) is 25.1 Å². The maximum absolute atomic E-state index is 12.9. The van der Waals surface area contributed by atoms with Crippen LogP contribution in [0.15, 0.2) is 59.8 Å². The molecule has 0 saturated heterocycles. The summed E-state index contributed by atoms with van der Waals surface area (Å²) in [7, 11) is 0. The number of urea groups is 1. The smallest absolute Gasteiger partial charge is 0.416 e.